The second-order valence-electron chi connectivity index (χ2n) is 5.27. The lowest BCUT2D eigenvalue weighted by Gasteiger charge is -2.11. The second-order valence-corrected chi connectivity index (χ2v) is 5.27. The predicted molar refractivity (Wildman–Crippen MR) is 86.1 cm³/mol. The Hall–Kier alpha value is -2.95. The van der Waals surface area contributed by atoms with Crippen molar-refractivity contribution < 1.29 is 22.0 Å². The fraction of sp³-hybridized carbons (Fsp3) is 0. The van der Waals surface area contributed by atoms with Crippen molar-refractivity contribution in [1.82, 2.24) is 0 Å². The Bertz CT molecular complexity index is 861. The topological polar surface area (TPSA) is 0 Å². The first-order valence-electron chi connectivity index (χ1n) is 7.34. The van der Waals surface area contributed by atoms with Crippen LogP contribution in [0.3, 0.4) is 0 Å². The maximum Gasteiger partial charge on any atom is 0.200 e. The van der Waals surface area contributed by atoms with E-state index >= 15 is 0 Å². The first-order valence-corrected chi connectivity index (χ1v) is 7.34. The third-order valence-electron chi connectivity index (χ3n) is 3.70. The van der Waals surface area contributed by atoms with Gasteiger partial charge in [0, 0.05) is 0 Å². The third-order valence-corrected chi connectivity index (χ3v) is 3.70. The predicted octanol–water partition coefficient (Wildman–Crippen LogP) is 5.97. The standard InChI is InChI=1S/C20H11F5/c21-16-15(17(22)19(24)20(25)18(16)23)11-14(12-7-3-1-4-8-12)13-9-5-2-6-10-13/h1-11H. The molecule has 0 atom stereocenters. The minimum Gasteiger partial charge on any atom is -0.203 e. The van der Waals surface area contributed by atoms with Gasteiger partial charge in [-0.05, 0) is 22.8 Å². The van der Waals surface area contributed by atoms with E-state index in [2.05, 4.69) is 0 Å². The second kappa shape index (κ2) is 6.89. The number of benzene rings is 3. The zero-order chi connectivity index (χ0) is 18.0. The van der Waals surface area contributed by atoms with Gasteiger partial charge in [0.25, 0.3) is 0 Å². The van der Waals surface area contributed by atoms with Crippen LogP contribution in [0.15, 0.2) is 60.7 Å². The Labute approximate surface area is 140 Å². The summed E-state index contributed by atoms with van der Waals surface area (Å²) in [5.74, 6) is -9.83. The lowest BCUT2D eigenvalue weighted by atomic mass is 9.95. The highest BCUT2D eigenvalue weighted by Gasteiger charge is 2.25. The maximum atomic E-state index is 14.0. The summed E-state index contributed by atoms with van der Waals surface area (Å²) in [5.41, 5.74) is 0.527. The average Bonchev–Trinajstić information content (AvgIpc) is 2.66. The Morgan fingerprint density at radius 3 is 1.28 bits per heavy atom. The van der Waals surface area contributed by atoms with Gasteiger partial charge in [0.1, 0.15) is 0 Å². The van der Waals surface area contributed by atoms with Crippen molar-refractivity contribution in [1.29, 1.82) is 0 Å². The van der Waals surface area contributed by atoms with Gasteiger partial charge in [-0.3, -0.25) is 0 Å². The van der Waals surface area contributed by atoms with E-state index < -0.39 is 34.6 Å². The van der Waals surface area contributed by atoms with E-state index in [0.29, 0.717) is 16.7 Å². The Balaban J connectivity index is 2.29. The quantitative estimate of drug-likeness (QED) is 0.237. The van der Waals surface area contributed by atoms with Crippen molar-refractivity contribution >= 4 is 11.6 Å². The zero-order valence-corrected chi connectivity index (χ0v) is 12.7. The van der Waals surface area contributed by atoms with Crippen molar-refractivity contribution in [3.8, 4) is 0 Å². The van der Waals surface area contributed by atoms with Crippen molar-refractivity contribution in [2.45, 2.75) is 0 Å². The molecule has 0 aliphatic heterocycles. The third kappa shape index (κ3) is 3.18. The summed E-state index contributed by atoms with van der Waals surface area (Å²) in [6.45, 7) is 0. The highest BCUT2D eigenvalue weighted by Crippen LogP contribution is 2.30. The molecule has 0 saturated heterocycles. The van der Waals surface area contributed by atoms with Crippen LogP contribution in [0.5, 0.6) is 0 Å². The van der Waals surface area contributed by atoms with Gasteiger partial charge in [-0.15, -0.1) is 0 Å². The summed E-state index contributed by atoms with van der Waals surface area (Å²) < 4.78 is 68.2. The highest BCUT2D eigenvalue weighted by atomic mass is 19.2. The number of hydrogen-bond donors (Lipinski definition) is 0. The molecule has 0 saturated carbocycles. The highest BCUT2D eigenvalue weighted by molar-refractivity contribution is 5.91. The molecule has 0 aliphatic rings. The van der Waals surface area contributed by atoms with Crippen molar-refractivity contribution in [2.75, 3.05) is 0 Å². The maximum absolute atomic E-state index is 14.0. The first-order chi connectivity index (χ1) is 12.0. The van der Waals surface area contributed by atoms with Gasteiger partial charge in [0.05, 0.1) is 5.56 Å². The lowest BCUT2D eigenvalue weighted by molar-refractivity contribution is 0.377. The monoisotopic (exact) mass is 346 g/mol. The number of hydrogen-bond acceptors (Lipinski definition) is 0. The normalized spacial score (nSPS) is 10.6. The van der Waals surface area contributed by atoms with E-state index in [1.54, 1.807) is 60.7 Å². The van der Waals surface area contributed by atoms with Gasteiger partial charge in [-0.1, -0.05) is 60.7 Å². The molecule has 0 heterocycles. The molecule has 5 heteroatoms. The van der Waals surface area contributed by atoms with E-state index in [1.807, 2.05) is 0 Å². The van der Waals surface area contributed by atoms with Crippen LogP contribution in [-0.2, 0) is 0 Å². The molecule has 3 rings (SSSR count). The largest absolute Gasteiger partial charge is 0.203 e. The van der Waals surface area contributed by atoms with Crippen molar-refractivity contribution in [3.63, 3.8) is 0 Å². The molecule has 0 spiro atoms. The first kappa shape index (κ1) is 16.9. The van der Waals surface area contributed by atoms with Crippen LogP contribution < -0.4 is 0 Å². The minimum absolute atomic E-state index is 0.337. The van der Waals surface area contributed by atoms with Gasteiger partial charge in [-0.25, -0.2) is 22.0 Å². The Morgan fingerprint density at radius 2 is 0.880 bits per heavy atom. The summed E-state index contributed by atoms with van der Waals surface area (Å²) in [5, 5.41) is 0. The Morgan fingerprint density at radius 1 is 0.520 bits per heavy atom. The molecular weight excluding hydrogens is 335 g/mol. The van der Waals surface area contributed by atoms with Crippen LogP contribution in [-0.4, -0.2) is 0 Å². The molecule has 0 bridgehead atoms. The van der Waals surface area contributed by atoms with Crippen LogP contribution in [0.25, 0.3) is 11.6 Å². The molecule has 3 aromatic carbocycles. The lowest BCUT2D eigenvalue weighted by Crippen LogP contribution is -2.04. The van der Waals surface area contributed by atoms with Gasteiger partial charge in [0.15, 0.2) is 23.3 Å². The van der Waals surface area contributed by atoms with Crippen LogP contribution in [0, 0.1) is 29.1 Å². The minimum atomic E-state index is -2.17. The van der Waals surface area contributed by atoms with Gasteiger partial charge in [-0.2, -0.15) is 0 Å². The summed E-state index contributed by atoms with van der Waals surface area (Å²) in [7, 11) is 0. The molecule has 0 aliphatic carbocycles. The molecule has 0 amide bonds. The summed E-state index contributed by atoms with van der Waals surface area (Å²) in [6, 6.07) is 17.1. The fourth-order valence-electron chi connectivity index (χ4n) is 2.46. The summed E-state index contributed by atoms with van der Waals surface area (Å²) in [6.07, 6.45) is 0.973. The van der Waals surface area contributed by atoms with E-state index in [-0.39, 0.29) is 0 Å². The van der Waals surface area contributed by atoms with E-state index in [1.165, 1.54) is 0 Å². The van der Waals surface area contributed by atoms with Crippen molar-refractivity contribution in [2.24, 2.45) is 0 Å². The van der Waals surface area contributed by atoms with E-state index in [4.69, 9.17) is 0 Å². The molecule has 0 unspecified atom stereocenters. The number of rotatable bonds is 3. The van der Waals surface area contributed by atoms with Crippen LogP contribution in [0.2, 0.25) is 0 Å². The molecule has 126 valence electrons. The smallest absolute Gasteiger partial charge is 0.200 e. The molecule has 3 aromatic rings. The summed E-state index contributed by atoms with van der Waals surface area (Å²) in [4.78, 5) is 0. The Kier molecular flexibility index (Phi) is 4.65. The van der Waals surface area contributed by atoms with Crippen LogP contribution in [0.1, 0.15) is 16.7 Å². The van der Waals surface area contributed by atoms with Gasteiger partial charge in [0.2, 0.25) is 5.82 Å². The van der Waals surface area contributed by atoms with Crippen LogP contribution in [0.4, 0.5) is 22.0 Å². The van der Waals surface area contributed by atoms with Crippen LogP contribution >= 0.6 is 0 Å². The molecule has 0 aromatic heterocycles. The molecule has 0 N–H and O–H groups in total. The SMILES string of the molecule is Fc1c(F)c(F)c(C=C(c2ccccc2)c2ccccc2)c(F)c1F. The van der Waals surface area contributed by atoms with Crippen molar-refractivity contribution in [3.05, 3.63) is 106 Å². The van der Waals surface area contributed by atoms with E-state index in [9.17, 15) is 22.0 Å². The molecule has 0 fully saturated rings. The molecule has 25 heavy (non-hydrogen) atoms. The molecular formula is C20H11F5. The van der Waals surface area contributed by atoms with Gasteiger partial charge >= 0.3 is 0 Å². The average molecular weight is 346 g/mol. The molecule has 0 radical (unpaired) electrons. The summed E-state index contributed by atoms with van der Waals surface area (Å²) >= 11 is 0. The zero-order valence-electron chi connectivity index (χ0n) is 12.7. The van der Waals surface area contributed by atoms with E-state index in [0.717, 1.165) is 6.08 Å². The fourth-order valence-corrected chi connectivity index (χ4v) is 2.46. The van der Waals surface area contributed by atoms with Gasteiger partial charge < -0.3 is 0 Å². The number of halogens is 5. The molecule has 0 nitrogen and oxygen atoms in total.